The van der Waals surface area contributed by atoms with E-state index < -0.39 is 12.5 Å². The number of hydrogen-bond acceptors (Lipinski definition) is 4. The maximum Gasteiger partial charge on any atom is 0.387 e. The highest BCUT2D eigenvalue weighted by molar-refractivity contribution is 6.06. The summed E-state index contributed by atoms with van der Waals surface area (Å²) in [6.07, 6.45) is 4.26. The third-order valence-electron chi connectivity index (χ3n) is 4.84. The van der Waals surface area contributed by atoms with Gasteiger partial charge in [-0.3, -0.25) is 4.79 Å². The molecule has 0 radical (unpaired) electrons. The molecule has 0 saturated heterocycles. The van der Waals surface area contributed by atoms with E-state index in [1.54, 1.807) is 18.2 Å². The molecule has 1 aliphatic rings. The molecule has 3 aromatic rings. The normalized spacial score (nSPS) is 13.6. The Hall–Kier alpha value is -3.29. The number of nitrogens with zero attached hydrogens (tertiary/aromatic N) is 3. The number of amides is 1. The zero-order chi connectivity index (χ0) is 20.2. The molecule has 2 aromatic carbocycles. The van der Waals surface area contributed by atoms with E-state index in [0.717, 1.165) is 43.0 Å². The number of carbonyl (C=O) groups excluding carboxylic acids is 1. The zero-order valence-corrected chi connectivity index (χ0v) is 15.6. The molecule has 0 spiro atoms. The minimum atomic E-state index is -3.00. The van der Waals surface area contributed by atoms with Gasteiger partial charge in [0.1, 0.15) is 11.6 Å². The van der Waals surface area contributed by atoms with Crippen LogP contribution in [0.15, 0.2) is 48.5 Å². The van der Waals surface area contributed by atoms with Crippen LogP contribution in [0, 0.1) is 0 Å². The molecule has 0 atom stereocenters. The molecule has 150 valence electrons. The van der Waals surface area contributed by atoms with Crippen molar-refractivity contribution in [2.75, 3.05) is 5.32 Å². The fraction of sp³-hybridized carbons (Fsp3) is 0.286. The van der Waals surface area contributed by atoms with E-state index in [9.17, 15) is 13.6 Å². The van der Waals surface area contributed by atoms with Crippen molar-refractivity contribution >= 4 is 11.6 Å². The fourth-order valence-electron chi connectivity index (χ4n) is 3.49. The zero-order valence-electron chi connectivity index (χ0n) is 15.6. The quantitative estimate of drug-likeness (QED) is 0.686. The number of benzene rings is 2. The van der Waals surface area contributed by atoms with E-state index in [4.69, 9.17) is 0 Å². The van der Waals surface area contributed by atoms with Gasteiger partial charge in [0, 0.05) is 24.2 Å². The van der Waals surface area contributed by atoms with Crippen LogP contribution >= 0.6 is 0 Å². The number of alkyl halides is 2. The summed E-state index contributed by atoms with van der Waals surface area (Å²) in [5, 5.41) is 11.4. The van der Waals surface area contributed by atoms with Gasteiger partial charge >= 0.3 is 6.61 Å². The van der Waals surface area contributed by atoms with E-state index in [1.165, 1.54) is 24.6 Å². The maximum atomic E-state index is 12.6. The van der Waals surface area contributed by atoms with Crippen molar-refractivity contribution in [2.45, 2.75) is 38.8 Å². The van der Waals surface area contributed by atoms with Gasteiger partial charge in [-0.05, 0) is 37.1 Å². The fourth-order valence-corrected chi connectivity index (χ4v) is 3.49. The van der Waals surface area contributed by atoms with Crippen LogP contribution in [0.25, 0.3) is 11.4 Å². The van der Waals surface area contributed by atoms with Gasteiger partial charge in [0.05, 0.1) is 5.56 Å². The molecule has 1 amide bonds. The number of aromatic nitrogens is 3. The van der Waals surface area contributed by atoms with E-state index in [2.05, 4.69) is 24.8 Å². The monoisotopic (exact) mass is 398 g/mol. The lowest BCUT2D eigenvalue weighted by atomic mass is 10.1. The largest absolute Gasteiger partial charge is 0.434 e. The summed E-state index contributed by atoms with van der Waals surface area (Å²) in [4.78, 5) is 12.6. The second-order valence-electron chi connectivity index (χ2n) is 6.81. The average molecular weight is 398 g/mol. The number of halogens is 2. The smallest absolute Gasteiger partial charge is 0.387 e. The molecule has 0 unspecified atom stereocenters. The molecule has 1 aliphatic heterocycles. The average Bonchev–Trinajstić information content (AvgIpc) is 2.96. The number of rotatable bonds is 5. The van der Waals surface area contributed by atoms with Gasteiger partial charge in [0.25, 0.3) is 5.91 Å². The minimum Gasteiger partial charge on any atom is -0.434 e. The molecule has 0 fully saturated rings. The Kier molecular flexibility index (Phi) is 5.50. The first-order valence-corrected chi connectivity index (χ1v) is 9.49. The maximum absolute atomic E-state index is 12.6. The predicted octanol–water partition coefficient (Wildman–Crippen LogP) is 4.53. The van der Waals surface area contributed by atoms with Crippen molar-refractivity contribution in [1.29, 1.82) is 0 Å². The molecule has 8 heteroatoms. The Morgan fingerprint density at radius 2 is 1.93 bits per heavy atom. The topological polar surface area (TPSA) is 69.0 Å². The van der Waals surface area contributed by atoms with E-state index >= 15 is 0 Å². The molecule has 0 saturated carbocycles. The summed E-state index contributed by atoms with van der Waals surface area (Å²) in [5.41, 5.74) is 1.40. The van der Waals surface area contributed by atoms with Crippen molar-refractivity contribution in [2.24, 2.45) is 0 Å². The van der Waals surface area contributed by atoms with Crippen LogP contribution in [0.3, 0.4) is 0 Å². The SMILES string of the molecule is O=C(Nc1cccc(-c2nnc3n2CCCCC3)c1)c1ccccc1OC(F)F. The minimum absolute atomic E-state index is 0.0366. The summed E-state index contributed by atoms with van der Waals surface area (Å²) in [6, 6.07) is 13.2. The number of aryl methyl sites for hydroxylation is 1. The summed E-state index contributed by atoms with van der Waals surface area (Å²) in [5.74, 6) is 1.04. The predicted molar refractivity (Wildman–Crippen MR) is 104 cm³/mol. The molecule has 2 heterocycles. The first kappa shape index (κ1) is 19.0. The Balaban J connectivity index is 1.58. The second kappa shape index (κ2) is 8.38. The number of hydrogen-bond donors (Lipinski definition) is 1. The first-order valence-electron chi connectivity index (χ1n) is 9.49. The van der Waals surface area contributed by atoms with Crippen LogP contribution in [0.2, 0.25) is 0 Å². The Morgan fingerprint density at radius 3 is 2.79 bits per heavy atom. The number of carbonyl (C=O) groups is 1. The highest BCUT2D eigenvalue weighted by atomic mass is 19.3. The lowest BCUT2D eigenvalue weighted by Gasteiger charge is -2.12. The highest BCUT2D eigenvalue weighted by Crippen LogP contribution is 2.26. The molecule has 6 nitrogen and oxygen atoms in total. The third kappa shape index (κ3) is 4.26. The number of anilines is 1. The Labute approximate surface area is 166 Å². The summed E-state index contributed by atoms with van der Waals surface area (Å²) >= 11 is 0. The molecule has 0 bridgehead atoms. The van der Waals surface area contributed by atoms with Crippen molar-refractivity contribution < 1.29 is 18.3 Å². The summed E-state index contributed by atoms with van der Waals surface area (Å²) in [6.45, 7) is -2.14. The van der Waals surface area contributed by atoms with Gasteiger partial charge in [-0.15, -0.1) is 10.2 Å². The van der Waals surface area contributed by atoms with Crippen LogP contribution in [-0.2, 0) is 13.0 Å². The summed E-state index contributed by atoms with van der Waals surface area (Å²) < 4.78 is 31.8. The Morgan fingerprint density at radius 1 is 1.07 bits per heavy atom. The molecule has 4 rings (SSSR count). The number of para-hydroxylation sites is 1. The number of fused-ring (bicyclic) bond motifs is 1. The van der Waals surface area contributed by atoms with Crippen LogP contribution in [0.5, 0.6) is 5.75 Å². The van der Waals surface area contributed by atoms with Crippen LogP contribution < -0.4 is 10.1 Å². The molecular weight excluding hydrogens is 378 g/mol. The molecule has 1 aromatic heterocycles. The van der Waals surface area contributed by atoms with Crippen molar-refractivity contribution in [3.8, 4) is 17.1 Å². The van der Waals surface area contributed by atoms with Gasteiger partial charge in [-0.25, -0.2) is 0 Å². The van der Waals surface area contributed by atoms with Crippen molar-refractivity contribution in [3.63, 3.8) is 0 Å². The lowest BCUT2D eigenvalue weighted by molar-refractivity contribution is -0.0501. The van der Waals surface area contributed by atoms with Gasteiger partial charge < -0.3 is 14.6 Å². The first-order chi connectivity index (χ1) is 14.1. The van der Waals surface area contributed by atoms with Gasteiger partial charge in [-0.2, -0.15) is 8.78 Å². The van der Waals surface area contributed by atoms with Crippen LogP contribution in [-0.4, -0.2) is 27.3 Å². The van der Waals surface area contributed by atoms with Crippen molar-refractivity contribution in [1.82, 2.24) is 14.8 Å². The van der Waals surface area contributed by atoms with Gasteiger partial charge in [0.2, 0.25) is 0 Å². The highest BCUT2D eigenvalue weighted by Gasteiger charge is 2.18. The Bertz CT molecular complexity index is 1020. The van der Waals surface area contributed by atoms with Crippen LogP contribution in [0.1, 0.15) is 35.4 Å². The van der Waals surface area contributed by atoms with Gasteiger partial charge in [0.15, 0.2) is 5.82 Å². The molecular formula is C21H20F2N4O2. The molecule has 0 aliphatic carbocycles. The second-order valence-corrected chi connectivity index (χ2v) is 6.81. The number of ether oxygens (including phenoxy) is 1. The number of nitrogens with one attached hydrogen (secondary N) is 1. The molecule has 29 heavy (non-hydrogen) atoms. The van der Waals surface area contributed by atoms with E-state index in [0.29, 0.717) is 5.69 Å². The standard InChI is InChI=1S/C21H20F2N4O2/c22-21(23)29-17-10-4-3-9-16(17)20(28)24-15-8-6-7-14(13-15)19-26-25-18-11-2-1-5-12-27(18)19/h3-4,6-10,13,21H,1-2,5,11-12H2,(H,24,28). The summed E-state index contributed by atoms with van der Waals surface area (Å²) in [7, 11) is 0. The van der Waals surface area contributed by atoms with Gasteiger partial charge in [-0.1, -0.05) is 30.7 Å². The van der Waals surface area contributed by atoms with E-state index in [1.807, 2.05) is 12.1 Å². The van der Waals surface area contributed by atoms with E-state index in [-0.39, 0.29) is 11.3 Å². The van der Waals surface area contributed by atoms with Crippen molar-refractivity contribution in [3.05, 3.63) is 59.9 Å². The molecule has 1 N–H and O–H groups in total. The lowest BCUT2D eigenvalue weighted by Crippen LogP contribution is -2.15. The third-order valence-corrected chi connectivity index (χ3v) is 4.84. The van der Waals surface area contributed by atoms with Crippen LogP contribution in [0.4, 0.5) is 14.5 Å².